The van der Waals surface area contributed by atoms with E-state index in [1.54, 1.807) is 0 Å². The van der Waals surface area contributed by atoms with Gasteiger partial charge in [-0.05, 0) is 142 Å². The van der Waals surface area contributed by atoms with Gasteiger partial charge >= 0.3 is 0 Å². The number of anilines is 3. The number of nitrogens with zero attached hydrogens (tertiary/aromatic N) is 1. The summed E-state index contributed by atoms with van der Waals surface area (Å²) in [5, 5.41) is 7.57. The zero-order chi connectivity index (χ0) is 44.5. The number of hydrogen-bond acceptors (Lipinski definition) is 1. The van der Waals surface area contributed by atoms with Crippen LogP contribution < -0.4 is 4.90 Å². The lowest BCUT2D eigenvalue weighted by atomic mass is 9.87. The fourth-order valence-electron chi connectivity index (χ4n) is 10.0. The summed E-state index contributed by atoms with van der Waals surface area (Å²) < 4.78 is 0. The van der Waals surface area contributed by atoms with Gasteiger partial charge in [0.15, 0.2) is 0 Å². The zero-order valence-electron chi connectivity index (χ0n) is 36.9. The second-order valence-electron chi connectivity index (χ2n) is 17.2. The quantitative estimate of drug-likeness (QED) is 0.131. The van der Waals surface area contributed by atoms with Crippen LogP contribution in [0.15, 0.2) is 273 Å². The Morgan fingerprint density at radius 1 is 0.179 bits per heavy atom. The third-order valence-corrected chi connectivity index (χ3v) is 13.3. The molecule has 1 nitrogen and oxygen atoms in total. The molecule has 0 heterocycles. The Bertz CT molecular complexity index is 3710. The van der Waals surface area contributed by atoms with Gasteiger partial charge in [-0.3, -0.25) is 0 Å². The molecule has 0 radical (unpaired) electrons. The molecule has 0 aromatic heterocycles. The van der Waals surface area contributed by atoms with Gasteiger partial charge < -0.3 is 4.90 Å². The van der Waals surface area contributed by atoms with E-state index in [1.807, 2.05) is 0 Å². The molecule has 0 aliphatic rings. The topological polar surface area (TPSA) is 3.24 Å². The van der Waals surface area contributed by atoms with E-state index in [0.29, 0.717) is 0 Å². The minimum absolute atomic E-state index is 1.08. The second-order valence-corrected chi connectivity index (χ2v) is 17.2. The van der Waals surface area contributed by atoms with Gasteiger partial charge in [-0.1, -0.05) is 231 Å². The van der Waals surface area contributed by atoms with Crippen molar-refractivity contribution in [2.24, 2.45) is 0 Å². The normalized spacial score (nSPS) is 11.3. The highest BCUT2D eigenvalue weighted by Crippen LogP contribution is 2.43. The molecule has 0 spiro atoms. The lowest BCUT2D eigenvalue weighted by Gasteiger charge is -2.26. The minimum Gasteiger partial charge on any atom is -0.311 e. The Morgan fingerprint density at radius 3 is 1.12 bits per heavy atom. The Morgan fingerprint density at radius 2 is 0.537 bits per heavy atom. The first-order valence-electron chi connectivity index (χ1n) is 23.1. The van der Waals surface area contributed by atoms with Crippen molar-refractivity contribution in [2.45, 2.75) is 0 Å². The van der Waals surface area contributed by atoms with Gasteiger partial charge in [-0.2, -0.15) is 0 Å². The smallest absolute Gasteiger partial charge is 0.0462 e. The van der Waals surface area contributed by atoms with E-state index < -0.39 is 0 Å². The van der Waals surface area contributed by atoms with Crippen molar-refractivity contribution in [1.29, 1.82) is 0 Å². The maximum Gasteiger partial charge on any atom is 0.0462 e. The van der Waals surface area contributed by atoms with E-state index in [0.717, 1.165) is 22.6 Å². The molecule has 314 valence electrons. The van der Waals surface area contributed by atoms with Crippen molar-refractivity contribution < 1.29 is 0 Å². The number of benzene rings is 12. The molecule has 0 bridgehead atoms. The van der Waals surface area contributed by atoms with Crippen molar-refractivity contribution in [3.8, 4) is 66.8 Å². The van der Waals surface area contributed by atoms with E-state index in [9.17, 15) is 0 Å². The maximum atomic E-state index is 2.37. The van der Waals surface area contributed by atoms with Crippen molar-refractivity contribution in [2.75, 3.05) is 4.90 Å². The van der Waals surface area contributed by atoms with Crippen LogP contribution in [0.3, 0.4) is 0 Å². The SMILES string of the molecule is c1ccc(-c2ccccc2-c2ccccc2-c2ccccc2-c2ccc(N(c3ccc(-c4ccc5c(ccc6ccccc65)c4)cc3)c3ccc(-c4cccc5ccccc45)cc3)cc2)cc1. The van der Waals surface area contributed by atoms with Crippen LogP contribution in [-0.2, 0) is 0 Å². The van der Waals surface area contributed by atoms with Crippen LogP contribution in [0.4, 0.5) is 17.1 Å². The predicted octanol–water partition coefficient (Wildman–Crippen LogP) is 18.6. The summed E-state index contributed by atoms with van der Waals surface area (Å²) in [7, 11) is 0. The Labute approximate surface area is 392 Å². The molecular weight excluding hydrogens is 807 g/mol. The van der Waals surface area contributed by atoms with Crippen molar-refractivity contribution >= 4 is 49.4 Å². The number of hydrogen-bond donors (Lipinski definition) is 0. The second kappa shape index (κ2) is 17.3. The molecule has 12 aromatic rings. The Hall–Kier alpha value is -8.78. The first-order chi connectivity index (χ1) is 33.2. The Balaban J connectivity index is 0.924. The maximum absolute atomic E-state index is 2.37. The van der Waals surface area contributed by atoms with E-state index >= 15 is 0 Å². The van der Waals surface area contributed by atoms with Crippen LogP contribution >= 0.6 is 0 Å². The summed E-state index contributed by atoms with van der Waals surface area (Å²) in [6.07, 6.45) is 0. The van der Waals surface area contributed by atoms with Gasteiger partial charge in [0.05, 0.1) is 0 Å². The van der Waals surface area contributed by atoms with E-state index in [2.05, 4.69) is 278 Å². The predicted molar refractivity (Wildman–Crippen MR) is 286 cm³/mol. The molecule has 67 heavy (non-hydrogen) atoms. The van der Waals surface area contributed by atoms with E-state index in [1.165, 1.54) is 93.5 Å². The molecule has 12 rings (SSSR count). The summed E-state index contributed by atoms with van der Waals surface area (Å²) in [5.41, 5.74) is 17.7. The van der Waals surface area contributed by atoms with Crippen molar-refractivity contribution in [3.05, 3.63) is 273 Å². The van der Waals surface area contributed by atoms with Gasteiger partial charge in [0, 0.05) is 17.1 Å². The molecule has 0 amide bonds. The molecule has 1 heteroatoms. The standard InChI is InChI=1S/C66H45N/c1-2-15-47(16-3-1)60-22-8-10-24-63(60)65-26-12-13-27-66(65)64-25-11-9-23-61(64)51-35-42-56(43-36-51)67(55-40-33-50(34-41-55)59-28-14-19-48-17-4-6-20-57(48)59)54-38-31-46(32-39-54)52-37-44-62-53(45-52)30-29-49-18-5-7-21-58(49)62/h1-45H. The summed E-state index contributed by atoms with van der Waals surface area (Å²) >= 11 is 0. The Kier molecular flexibility index (Phi) is 10.3. The van der Waals surface area contributed by atoms with Crippen molar-refractivity contribution in [1.82, 2.24) is 0 Å². The molecular formula is C66H45N. The first kappa shape index (κ1) is 39.8. The summed E-state index contributed by atoms with van der Waals surface area (Å²) in [6, 6.07) is 99.4. The van der Waals surface area contributed by atoms with Gasteiger partial charge in [0.2, 0.25) is 0 Å². The third-order valence-electron chi connectivity index (χ3n) is 13.3. The summed E-state index contributed by atoms with van der Waals surface area (Å²) in [5.74, 6) is 0. The molecule has 0 unspecified atom stereocenters. The number of fused-ring (bicyclic) bond motifs is 4. The highest BCUT2D eigenvalue weighted by Gasteiger charge is 2.18. The molecule has 0 saturated carbocycles. The van der Waals surface area contributed by atoms with Crippen LogP contribution in [0.2, 0.25) is 0 Å². The van der Waals surface area contributed by atoms with Gasteiger partial charge in [0.25, 0.3) is 0 Å². The molecule has 0 N–H and O–H groups in total. The fraction of sp³-hybridized carbons (Fsp3) is 0. The molecule has 0 aliphatic carbocycles. The summed E-state index contributed by atoms with van der Waals surface area (Å²) in [6.45, 7) is 0. The van der Waals surface area contributed by atoms with Gasteiger partial charge in [-0.15, -0.1) is 0 Å². The molecule has 0 saturated heterocycles. The largest absolute Gasteiger partial charge is 0.311 e. The van der Waals surface area contributed by atoms with Gasteiger partial charge in [-0.25, -0.2) is 0 Å². The lowest BCUT2D eigenvalue weighted by molar-refractivity contribution is 1.28. The highest BCUT2D eigenvalue weighted by atomic mass is 15.1. The lowest BCUT2D eigenvalue weighted by Crippen LogP contribution is -2.09. The first-order valence-corrected chi connectivity index (χ1v) is 23.1. The van der Waals surface area contributed by atoms with Crippen molar-refractivity contribution in [3.63, 3.8) is 0 Å². The summed E-state index contributed by atoms with van der Waals surface area (Å²) in [4.78, 5) is 2.37. The third kappa shape index (κ3) is 7.53. The minimum atomic E-state index is 1.08. The van der Waals surface area contributed by atoms with E-state index in [-0.39, 0.29) is 0 Å². The monoisotopic (exact) mass is 851 g/mol. The van der Waals surface area contributed by atoms with Crippen LogP contribution in [0, 0.1) is 0 Å². The van der Waals surface area contributed by atoms with E-state index in [4.69, 9.17) is 0 Å². The highest BCUT2D eigenvalue weighted by molar-refractivity contribution is 6.08. The molecule has 0 fully saturated rings. The van der Waals surface area contributed by atoms with Crippen LogP contribution in [0.1, 0.15) is 0 Å². The molecule has 0 aliphatic heterocycles. The molecule has 0 atom stereocenters. The fourth-order valence-corrected chi connectivity index (χ4v) is 10.0. The average molecular weight is 852 g/mol. The average Bonchev–Trinajstić information content (AvgIpc) is 3.41. The number of rotatable bonds is 9. The van der Waals surface area contributed by atoms with Crippen LogP contribution in [-0.4, -0.2) is 0 Å². The zero-order valence-corrected chi connectivity index (χ0v) is 36.9. The molecule has 12 aromatic carbocycles. The van der Waals surface area contributed by atoms with Crippen LogP contribution in [0.25, 0.3) is 99.1 Å². The van der Waals surface area contributed by atoms with Crippen LogP contribution in [0.5, 0.6) is 0 Å². The van der Waals surface area contributed by atoms with Gasteiger partial charge in [0.1, 0.15) is 0 Å².